The van der Waals surface area contributed by atoms with Gasteiger partial charge in [0.25, 0.3) is 5.56 Å². The number of Topliss-reactive ketones (excluding diaryl/α,β-unsaturated/α-hetero) is 1. The summed E-state index contributed by atoms with van der Waals surface area (Å²) in [6.45, 7) is 0.338. The number of para-hydroxylation sites is 1. The van der Waals surface area contributed by atoms with E-state index < -0.39 is 0 Å². The topological polar surface area (TPSA) is 72.2 Å². The van der Waals surface area contributed by atoms with E-state index >= 15 is 0 Å². The fraction of sp³-hybridized carbons (Fsp3) is 0.235. The third kappa shape index (κ3) is 4.12. The average molecular weight is 395 g/mol. The Morgan fingerprint density at radius 3 is 2.80 bits per heavy atom. The van der Waals surface area contributed by atoms with Gasteiger partial charge in [0.15, 0.2) is 10.9 Å². The van der Waals surface area contributed by atoms with Gasteiger partial charge in [-0.2, -0.15) is 0 Å². The molecule has 2 heterocycles. The van der Waals surface area contributed by atoms with E-state index in [9.17, 15) is 9.59 Å². The number of aliphatic hydroxyl groups excluding tert-OH is 1. The van der Waals surface area contributed by atoms with Crippen molar-refractivity contribution in [2.45, 2.75) is 18.1 Å². The maximum atomic E-state index is 12.7. The molecule has 8 heteroatoms. The zero-order chi connectivity index (χ0) is 17.8. The smallest absolute Gasteiger partial charge is 0.262 e. The molecule has 5 nitrogen and oxygen atoms in total. The van der Waals surface area contributed by atoms with E-state index in [4.69, 9.17) is 16.7 Å². The van der Waals surface area contributed by atoms with Gasteiger partial charge in [-0.25, -0.2) is 4.98 Å². The number of carbonyl (C=O) groups excluding carboxylic acids is 1. The van der Waals surface area contributed by atoms with Crippen molar-refractivity contribution in [3.8, 4) is 0 Å². The van der Waals surface area contributed by atoms with Crippen molar-refractivity contribution in [3.05, 3.63) is 56.0 Å². The van der Waals surface area contributed by atoms with Gasteiger partial charge in [-0.15, -0.1) is 11.3 Å². The first-order valence-corrected chi connectivity index (χ1v) is 9.80. The zero-order valence-corrected chi connectivity index (χ0v) is 15.5. The molecule has 0 radical (unpaired) electrons. The minimum Gasteiger partial charge on any atom is -0.396 e. The molecule has 1 aromatic carbocycles. The second kappa shape index (κ2) is 8.14. The second-order valence-corrected chi connectivity index (χ2v) is 7.92. The summed E-state index contributed by atoms with van der Waals surface area (Å²) in [6, 6.07) is 10.5. The van der Waals surface area contributed by atoms with Gasteiger partial charge in [0, 0.05) is 13.2 Å². The molecule has 0 amide bonds. The Labute approximate surface area is 157 Å². The number of carbonyl (C=O) groups is 1. The molecule has 0 aliphatic rings. The van der Waals surface area contributed by atoms with Crippen molar-refractivity contribution in [2.24, 2.45) is 0 Å². The minimum atomic E-state index is -0.159. The molecule has 0 atom stereocenters. The fourth-order valence-electron chi connectivity index (χ4n) is 2.35. The van der Waals surface area contributed by atoms with Crippen molar-refractivity contribution in [2.75, 3.05) is 12.4 Å². The number of thioether (sulfide) groups is 1. The molecular weight excluding hydrogens is 380 g/mol. The highest BCUT2D eigenvalue weighted by Crippen LogP contribution is 2.25. The van der Waals surface area contributed by atoms with Gasteiger partial charge < -0.3 is 5.11 Å². The highest BCUT2D eigenvalue weighted by Gasteiger charge is 2.15. The Morgan fingerprint density at radius 2 is 2.08 bits per heavy atom. The van der Waals surface area contributed by atoms with Crippen LogP contribution in [0.2, 0.25) is 4.34 Å². The molecule has 0 aliphatic heterocycles. The summed E-state index contributed by atoms with van der Waals surface area (Å²) in [7, 11) is 0. The van der Waals surface area contributed by atoms with Gasteiger partial charge >= 0.3 is 0 Å². The summed E-state index contributed by atoms with van der Waals surface area (Å²) in [4.78, 5) is 30.1. The van der Waals surface area contributed by atoms with Crippen LogP contribution in [0.15, 0.2) is 46.3 Å². The summed E-state index contributed by atoms with van der Waals surface area (Å²) in [6.07, 6.45) is 0.446. The standard InChI is InChI=1S/C17H15ClN2O3S2/c18-15-7-6-14(25-15)13(22)10-24-17-19-12-5-2-1-4-11(12)16(23)20(17)8-3-9-21/h1-2,4-7,21H,3,8-10H2. The molecule has 0 spiro atoms. The molecule has 2 aromatic heterocycles. The normalized spacial score (nSPS) is 11.1. The van der Waals surface area contributed by atoms with Crippen LogP contribution < -0.4 is 5.56 Å². The summed E-state index contributed by atoms with van der Waals surface area (Å²) < 4.78 is 2.09. The number of aliphatic hydroxyl groups is 1. The monoisotopic (exact) mass is 394 g/mol. The summed E-state index contributed by atoms with van der Waals surface area (Å²) in [5.41, 5.74) is 0.440. The van der Waals surface area contributed by atoms with Crippen LogP contribution in [0, 0.1) is 0 Å². The van der Waals surface area contributed by atoms with Crippen LogP contribution in [-0.4, -0.2) is 32.8 Å². The summed E-state index contributed by atoms with van der Waals surface area (Å²) in [5.74, 6) is 0.110. The lowest BCUT2D eigenvalue weighted by Crippen LogP contribution is -2.24. The van der Waals surface area contributed by atoms with E-state index in [1.807, 2.05) is 6.07 Å². The molecule has 1 N–H and O–H groups in total. The number of aromatic nitrogens is 2. The average Bonchev–Trinajstić information content (AvgIpc) is 3.05. The van der Waals surface area contributed by atoms with Gasteiger partial charge in [-0.3, -0.25) is 14.2 Å². The van der Waals surface area contributed by atoms with Crippen LogP contribution in [0.4, 0.5) is 0 Å². The van der Waals surface area contributed by atoms with E-state index in [0.717, 1.165) is 0 Å². The molecule has 0 saturated carbocycles. The lowest BCUT2D eigenvalue weighted by Gasteiger charge is -2.12. The minimum absolute atomic E-state index is 0.0179. The molecule has 0 saturated heterocycles. The maximum absolute atomic E-state index is 12.7. The Morgan fingerprint density at radius 1 is 1.28 bits per heavy atom. The zero-order valence-electron chi connectivity index (χ0n) is 13.1. The van der Waals surface area contributed by atoms with Crippen LogP contribution in [-0.2, 0) is 6.54 Å². The first kappa shape index (κ1) is 18.1. The number of fused-ring (bicyclic) bond motifs is 1. The van der Waals surface area contributed by atoms with Crippen LogP contribution in [0.5, 0.6) is 0 Å². The lowest BCUT2D eigenvalue weighted by molar-refractivity contribution is 0.102. The summed E-state index contributed by atoms with van der Waals surface area (Å²) >= 11 is 8.33. The number of rotatable bonds is 7. The molecular formula is C17H15ClN2O3S2. The van der Waals surface area contributed by atoms with Crippen molar-refractivity contribution >= 4 is 51.4 Å². The van der Waals surface area contributed by atoms with Crippen LogP contribution in [0.1, 0.15) is 16.1 Å². The number of hydrogen-bond acceptors (Lipinski definition) is 6. The number of hydrogen-bond donors (Lipinski definition) is 1. The van der Waals surface area contributed by atoms with Gasteiger partial charge in [-0.1, -0.05) is 35.5 Å². The molecule has 0 fully saturated rings. The van der Waals surface area contributed by atoms with E-state index in [1.54, 1.807) is 30.3 Å². The number of nitrogens with zero attached hydrogens (tertiary/aromatic N) is 2. The van der Waals surface area contributed by atoms with Gasteiger partial charge in [0.1, 0.15) is 0 Å². The lowest BCUT2D eigenvalue weighted by atomic mass is 10.2. The molecule has 0 unspecified atom stereocenters. The Kier molecular flexibility index (Phi) is 5.90. The largest absolute Gasteiger partial charge is 0.396 e. The third-order valence-corrected chi connectivity index (χ3v) is 5.80. The van der Waals surface area contributed by atoms with E-state index in [1.165, 1.54) is 27.7 Å². The quantitative estimate of drug-likeness (QED) is 0.377. The second-order valence-electron chi connectivity index (χ2n) is 5.26. The highest BCUT2D eigenvalue weighted by atomic mass is 35.5. The predicted octanol–water partition coefficient (Wildman–Crippen LogP) is 3.47. The predicted molar refractivity (Wildman–Crippen MR) is 102 cm³/mol. The number of ketones is 1. The Balaban J connectivity index is 1.90. The van der Waals surface area contributed by atoms with Gasteiger partial charge in [-0.05, 0) is 30.7 Å². The number of thiophene rings is 1. The van der Waals surface area contributed by atoms with E-state index in [-0.39, 0.29) is 23.7 Å². The number of benzene rings is 1. The first-order chi connectivity index (χ1) is 12.1. The maximum Gasteiger partial charge on any atom is 0.262 e. The molecule has 3 rings (SSSR count). The van der Waals surface area contributed by atoms with Crippen LogP contribution in [0.3, 0.4) is 0 Å². The molecule has 25 heavy (non-hydrogen) atoms. The molecule has 0 bridgehead atoms. The Bertz CT molecular complexity index is 968. The van der Waals surface area contributed by atoms with Crippen molar-refractivity contribution in [1.29, 1.82) is 0 Å². The van der Waals surface area contributed by atoms with Gasteiger partial charge in [0.2, 0.25) is 0 Å². The SMILES string of the molecule is O=C(CSc1nc2ccccc2c(=O)n1CCCO)c1ccc(Cl)s1. The first-order valence-electron chi connectivity index (χ1n) is 7.62. The van der Waals surface area contributed by atoms with Crippen LogP contribution >= 0.6 is 34.7 Å². The Hall–Kier alpha value is -1.67. The van der Waals surface area contributed by atoms with Gasteiger partial charge in [0.05, 0.1) is 25.9 Å². The van der Waals surface area contributed by atoms with E-state index in [2.05, 4.69) is 4.98 Å². The molecule has 0 aliphatic carbocycles. The van der Waals surface area contributed by atoms with Crippen molar-refractivity contribution in [3.63, 3.8) is 0 Å². The molecule has 3 aromatic rings. The number of halogens is 1. The summed E-state index contributed by atoms with van der Waals surface area (Å²) in [5, 5.41) is 10.1. The highest BCUT2D eigenvalue weighted by molar-refractivity contribution is 7.99. The third-order valence-electron chi connectivity index (χ3n) is 3.55. The van der Waals surface area contributed by atoms with Crippen molar-refractivity contribution in [1.82, 2.24) is 9.55 Å². The van der Waals surface area contributed by atoms with Crippen molar-refractivity contribution < 1.29 is 9.90 Å². The van der Waals surface area contributed by atoms with E-state index in [0.29, 0.717) is 38.2 Å². The molecule has 130 valence electrons. The van der Waals surface area contributed by atoms with Crippen LogP contribution in [0.25, 0.3) is 10.9 Å². The fourth-order valence-corrected chi connectivity index (χ4v) is 4.33.